The second-order valence-corrected chi connectivity index (χ2v) is 6.49. The molecular weight excluding hydrogens is 256 g/mol. The summed E-state index contributed by atoms with van der Waals surface area (Å²) < 4.78 is 0. The minimum Gasteiger partial charge on any atom is -0.317 e. The Balaban J connectivity index is 1.76. The molecular formula is C16H23ClN2. The molecule has 1 aromatic rings. The van der Waals surface area contributed by atoms with Crippen molar-refractivity contribution in [2.45, 2.75) is 44.7 Å². The van der Waals surface area contributed by atoms with Gasteiger partial charge < -0.3 is 5.32 Å². The largest absolute Gasteiger partial charge is 0.317 e. The van der Waals surface area contributed by atoms with Gasteiger partial charge in [-0.2, -0.15) is 0 Å². The van der Waals surface area contributed by atoms with Gasteiger partial charge in [0.1, 0.15) is 0 Å². The number of benzene rings is 1. The van der Waals surface area contributed by atoms with Crippen molar-refractivity contribution in [3.8, 4) is 0 Å². The molecule has 0 bridgehead atoms. The fourth-order valence-corrected chi connectivity index (χ4v) is 3.84. The van der Waals surface area contributed by atoms with E-state index in [9.17, 15) is 0 Å². The summed E-state index contributed by atoms with van der Waals surface area (Å²) in [6.45, 7) is 6.78. The minimum atomic E-state index is 0.471. The van der Waals surface area contributed by atoms with Gasteiger partial charge >= 0.3 is 0 Å². The Morgan fingerprint density at radius 3 is 2.79 bits per heavy atom. The van der Waals surface area contributed by atoms with Crippen LogP contribution in [-0.4, -0.2) is 30.1 Å². The summed E-state index contributed by atoms with van der Waals surface area (Å²) in [6, 6.07) is 6.47. The molecule has 0 saturated carbocycles. The Hall–Kier alpha value is -0.570. The summed E-state index contributed by atoms with van der Waals surface area (Å²) in [5.41, 5.74) is 3.07. The lowest BCUT2D eigenvalue weighted by Gasteiger charge is -2.42. The first kappa shape index (κ1) is 13.4. The molecule has 0 radical (unpaired) electrons. The molecule has 1 N–H and O–H groups in total. The summed E-state index contributed by atoms with van der Waals surface area (Å²) in [5.74, 6) is 0. The topological polar surface area (TPSA) is 15.3 Å². The number of nitrogens with one attached hydrogen (secondary N) is 1. The highest BCUT2D eigenvalue weighted by atomic mass is 35.5. The molecule has 104 valence electrons. The molecule has 0 amide bonds. The number of hydrogen-bond acceptors (Lipinski definition) is 2. The lowest BCUT2D eigenvalue weighted by molar-refractivity contribution is 0.0928. The SMILES string of the molecule is Cc1cc(CN2CCCC23CCNCC3)ccc1Cl. The van der Waals surface area contributed by atoms with Gasteiger partial charge in [-0.25, -0.2) is 0 Å². The van der Waals surface area contributed by atoms with Crippen LogP contribution in [0.1, 0.15) is 36.8 Å². The quantitative estimate of drug-likeness (QED) is 0.892. The molecule has 0 unspecified atom stereocenters. The molecule has 2 nitrogen and oxygen atoms in total. The van der Waals surface area contributed by atoms with Crippen molar-refractivity contribution in [2.24, 2.45) is 0 Å². The third-order valence-corrected chi connectivity index (χ3v) is 5.30. The van der Waals surface area contributed by atoms with Crippen LogP contribution in [0.25, 0.3) is 0 Å². The van der Waals surface area contributed by atoms with E-state index in [2.05, 4.69) is 29.3 Å². The van der Waals surface area contributed by atoms with Crippen molar-refractivity contribution in [2.75, 3.05) is 19.6 Å². The zero-order valence-corrected chi connectivity index (χ0v) is 12.5. The highest BCUT2D eigenvalue weighted by Gasteiger charge is 2.41. The lowest BCUT2D eigenvalue weighted by Crippen LogP contribution is -2.50. The minimum absolute atomic E-state index is 0.471. The third kappa shape index (κ3) is 2.67. The van der Waals surface area contributed by atoms with E-state index >= 15 is 0 Å². The standard InChI is InChI=1S/C16H23ClN2/c1-13-11-14(3-4-15(13)17)12-19-10-2-5-16(19)6-8-18-9-7-16/h3-4,11,18H,2,5-10,12H2,1H3. The highest BCUT2D eigenvalue weighted by Crippen LogP contribution is 2.37. The Bertz CT molecular complexity index is 452. The summed E-state index contributed by atoms with van der Waals surface area (Å²) in [4.78, 5) is 2.72. The van der Waals surface area contributed by atoms with Crippen molar-refractivity contribution in [3.63, 3.8) is 0 Å². The first-order chi connectivity index (χ1) is 9.20. The molecule has 2 fully saturated rings. The first-order valence-electron chi connectivity index (χ1n) is 7.40. The summed E-state index contributed by atoms with van der Waals surface area (Å²) in [7, 11) is 0. The number of hydrogen-bond donors (Lipinski definition) is 1. The Morgan fingerprint density at radius 1 is 1.26 bits per heavy atom. The normalized spacial score (nSPS) is 23.1. The monoisotopic (exact) mass is 278 g/mol. The van der Waals surface area contributed by atoms with Crippen LogP contribution in [0, 0.1) is 6.92 Å². The molecule has 2 aliphatic rings. The molecule has 0 aliphatic carbocycles. The molecule has 2 aliphatic heterocycles. The molecule has 0 atom stereocenters. The van der Waals surface area contributed by atoms with Gasteiger partial charge in [0.15, 0.2) is 0 Å². The van der Waals surface area contributed by atoms with Gasteiger partial charge in [0.2, 0.25) is 0 Å². The van der Waals surface area contributed by atoms with Crippen LogP contribution in [-0.2, 0) is 6.54 Å². The van der Waals surface area contributed by atoms with Crippen LogP contribution in [0.3, 0.4) is 0 Å². The van der Waals surface area contributed by atoms with Gasteiger partial charge in [0.25, 0.3) is 0 Å². The number of rotatable bonds is 2. The van der Waals surface area contributed by atoms with Crippen molar-refractivity contribution >= 4 is 11.6 Å². The predicted molar refractivity (Wildman–Crippen MR) is 80.7 cm³/mol. The number of piperidine rings is 1. The van der Waals surface area contributed by atoms with E-state index in [0.29, 0.717) is 5.54 Å². The summed E-state index contributed by atoms with van der Waals surface area (Å²) in [5, 5.41) is 4.37. The fraction of sp³-hybridized carbons (Fsp3) is 0.625. The van der Waals surface area contributed by atoms with Gasteiger partial charge in [0, 0.05) is 17.1 Å². The first-order valence-corrected chi connectivity index (χ1v) is 7.78. The molecule has 2 heterocycles. The second-order valence-electron chi connectivity index (χ2n) is 6.08. The van der Waals surface area contributed by atoms with E-state index < -0.39 is 0 Å². The zero-order valence-electron chi connectivity index (χ0n) is 11.7. The van der Waals surface area contributed by atoms with Crippen LogP contribution < -0.4 is 5.32 Å². The second kappa shape index (κ2) is 5.43. The van der Waals surface area contributed by atoms with Gasteiger partial charge in [-0.05, 0) is 69.4 Å². The van der Waals surface area contributed by atoms with Gasteiger partial charge in [0.05, 0.1) is 0 Å². The van der Waals surface area contributed by atoms with Crippen LogP contribution in [0.5, 0.6) is 0 Å². The summed E-state index contributed by atoms with van der Waals surface area (Å²) >= 11 is 6.12. The van der Waals surface area contributed by atoms with E-state index in [-0.39, 0.29) is 0 Å². The lowest BCUT2D eigenvalue weighted by atomic mass is 9.85. The van der Waals surface area contributed by atoms with E-state index in [1.54, 1.807) is 0 Å². The maximum absolute atomic E-state index is 6.12. The Labute approximate surface area is 121 Å². The van der Waals surface area contributed by atoms with Crippen LogP contribution in [0.2, 0.25) is 5.02 Å². The van der Waals surface area contributed by atoms with E-state index in [1.807, 2.05) is 6.07 Å². The maximum atomic E-state index is 6.12. The smallest absolute Gasteiger partial charge is 0.0435 e. The average molecular weight is 279 g/mol. The van der Waals surface area contributed by atoms with Crippen LogP contribution >= 0.6 is 11.6 Å². The predicted octanol–water partition coefficient (Wildman–Crippen LogP) is 3.37. The van der Waals surface area contributed by atoms with Crippen LogP contribution in [0.15, 0.2) is 18.2 Å². The maximum Gasteiger partial charge on any atom is 0.0435 e. The third-order valence-electron chi connectivity index (χ3n) is 4.87. The number of likely N-dealkylation sites (tertiary alicyclic amines) is 1. The van der Waals surface area contributed by atoms with E-state index in [4.69, 9.17) is 11.6 Å². The zero-order chi connectivity index (χ0) is 13.3. The fourth-order valence-electron chi connectivity index (χ4n) is 3.72. The van der Waals surface area contributed by atoms with E-state index in [0.717, 1.165) is 11.6 Å². The molecule has 0 aromatic heterocycles. The van der Waals surface area contributed by atoms with Crippen molar-refractivity contribution < 1.29 is 0 Å². The molecule has 2 saturated heterocycles. The molecule has 1 aromatic carbocycles. The van der Waals surface area contributed by atoms with E-state index in [1.165, 1.54) is 56.4 Å². The number of nitrogens with zero attached hydrogens (tertiary/aromatic N) is 1. The van der Waals surface area contributed by atoms with Gasteiger partial charge in [-0.1, -0.05) is 23.7 Å². The number of halogens is 1. The van der Waals surface area contributed by atoms with Crippen molar-refractivity contribution in [3.05, 3.63) is 34.3 Å². The van der Waals surface area contributed by atoms with Crippen molar-refractivity contribution in [1.82, 2.24) is 10.2 Å². The Kier molecular flexibility index (Phi) is 3.84. The van der Waals surface area contributed by atoms with Crippen LogP contribution in [0.4, 0.5) is 0 Å². The average Bonchev–Trinajstić information content (AvgIpc) is 2.78. The van der Waals surface area contributed by atoms with Crippen molar-refractivity contribution in [1.29, 1.82) is 0 Å². The number of aryl methyl sites for hydroxylation is 1. The van der Waals surface area contributed by atoms with Gasteiger partial charge in [-0.15, -0.1) is 0 Å². The molecule has 19 heavy (non-hydrogen) atoms. The molecule has 1 spiro atoms. The molecule has 3 rings (SSSR count). The summed E-state index contributed by atoms with van der Waals surface area (Å²) in [6.07, 6.45) is 5.34. The highest BCUT2D eigenvalue weighted by molar-refractivity contribution is 6.31. The molecule has 3 heteroatoms. The Morgan fingerprint density at radius 2 is 2.05 bits per heavy atom. The van der Waals surface area contributed by atoms with Gasteiger partial charge in [-0.3, -0.25) is 4.90 Å².